The molecule has 0 radical (unpaired) electrons. The molecule has 0 saturated carbocycles. The Morgan fingerprint density at radius 1 is 1.07 bits per heavy atom. The first kappa shape index (κ1) is 19.0. The second-order valence-corrected chi connectivity index (χ2v) is 7.35. The molecule has 0 aliphatic carbocycles. The highest BCUT2D eigenvalue weighted by atomic mass is 16.2. The number of Topliss-reactive ketones (excluding diaryl/α,β-unsaturated/α-hetero) is 1. The molecule has 1 aliphatic rings. The Labute approximate surface area is 170 Å². The van der Waals surface area contributed by atoms with E-state index in [4.69, 9.17) is 0 Å². The van der Waals surface area contributed by atoms with Crippen molar-refractivity contribution in [2.75, 3.05) is 11.4 Å². The van der Waals surface area contributed by atoms with Gasteiger partial charge in [-0.05, 0) is 31.0 Å². The van der Waals surface area contributed by atoms with Gasteiger partial charge in [0.1, 0.15) is 5.69 Å². The van der Waals surface area contributed by atoms with Crippen molar-refractivity contribution in [1.29, 1.82) is 0 Å². The molecule has 29 heavy (non-hydrogen) atoms. The number of carbonyl (C=O) groups is 2. The number of aryl methyl sites for hydroxylation is 1. The normalized spacial score (nSPS) is 15.4. The van der Waals surface area contributed by atoms with Gasteiger partial charge in [0.2, 0.25) is 11.7 Å². The van der Waals surface area contributed by atoms with Gasteiger partial charge in [-0.2, -0.15) is 0 Å². The van der Waals surface area contributed by atoms with Crippen LogP contribution in [-0.4, -0.2) is 29.3 Å². The molecule has 146 valence electrons. The van der Waals surface area contributed by atoms with E-state index in [1.165, 1.54) is 5.56 Å². The van der Waals surface area contributed by atoms with Crippen molar-refractivity contribution >= 4 is 17.4 Å². The first-order chi connectivity index (χ1) is 14.0. The summed E-state index contributed by atoms with van der Waals surface area (Å²) in [5.74, 6) is -0.254. The van der Waals surface area contributed by atoms with Crippen molar-refractivity contribution in [2.45, 2.75) is 26.4 Å². The number of nitrogens with zero attached hydrogens (tertiary/aromatic N) is 2. The maximum atomic E-state index is 13.0. The van der Waals surface area contributed by atoms with Gasteiger partial charge in [-0.1, -0.05) is 60.2 Å². The van der Waals surface area contributed by atoms with E-state index >= 15 is 0 Å². The molecule has 0 fully saturated rings. The predicted octanol–water partition coefficient (Wildman–Crippen LogP) is 3.76. The van der Waals surface area contributed by atoms with Gasteiger partial charge in [0.25, 0.3) is 0 Å². The molecule has 1 atom stereocenters. The molecule has 1 amide bonds. The van der Waals surface area contributed by atoms with Crippen molar-refractivity contribution < 1.29 is 9.59 Å². The summed E-state index contributed by atoms with van der Waals surface area (Å²) in [6.07, 6.45) is 1.70. The third-order valence-corrected chi connectivity index (χ3v) is 5.19. The quantitative estimate of drug-likeness (QED) is 0.726. The molecule has 2 heterocycles. The van der Waals surface area contributed by atoms with Crippen LogP contribution in [0.15, 0.2) is 66.9 Å². The molecule has 1 aromatic heterocycles. The van der Waals surface area contributed by atoms with Crippen LogP contribution in [0.5, 0.6) is 0 Å². The lowest BCUT2D eigenvalue weighted by atomic mass is 10.1. The largest absolute Gasteiger partial charge is 0.304 e. The van der Waals surface area contributed by atoms with Gasteiger partial charge in [0, 0.05) is 18.3 Å². The Kier molecular flexibility index (Phi) is 5.23. The number of anilines is 1. The summed E-state index contributed by atoms with van der Waals surface area (Å²) in [6, 6.07) is 19.3. The maximum Gasteiger partial charge on any atom is 0.241 e. The Balaban J connectivity index is 1.53. The zero-order valence-electron chi connectivity index (χ0n) is 16.6. The molecule has 5 heteroatoms. The molecule has 1 aliphatic heterocycles. The lowest BCUT2D eigenvalue weighted by Crippen LogP contribution is -2.42. The maximum absolute atomic E-state index is 13.0. The zero-order chi connectivity index (χ0) is 20.4. The van der Waals surface area contributed by atoms with E-state index in [0.717, 1.165) is 16.7 Å². The highest BCUT2D eigenvalue weighted by molar-refractivity contribution is 6.17. The topological polar surface area (TPSA) is 62.3 Å². The first-order valence-electron chi connectivity index (χ1n) is 9.72. The molecule has 1 N–H and O–H groups in total. The molecule has 1 unspecified atom stereocenters. The molecule has 0 spiro atoms. The van der Waals surface area contributed by atoms with E-state index in [9.17, 15) is 9.59 Å². The van der Waals surface area contributed by atoms with Crippen LogP contribution in [0.2, 0.25) is 0 Å². The van der Waals surface area contributed by atoms with Crippen LogP contribution in [0.4, 0.5) is 5.69 Å². The van der Waals surface area contributed by atoms with Gasteiger partial charge in [0.05, 0.1) is 18.3 Å². The highest BCUT2D eigenvalue weighted by Crippen LogP contribution is 2.34. The van der Waals surface area contributed by atoms with E-state index in [0.29, 0.717) is 17.9 Å². The molecule has 5 nitrogen and oxygen atoms in total. The van der Waals surface area contributed by atoms with Crippen molar-refractivity contribution in [3.05, 3.63) is 83.7 Å². The lowest BCUT2D eigenvalue weighted by molar-refractivity contribution is -0.118. The fraction of sp³-hybridized carbons (Fsp3) is 0.208. The Morgan fingerprint density at radius 2 is 1.86 bits per heavy atom. The van der Waals surface area contributed by atoms with Gasteiger partial charge in [-0.25, -0.2) is 0 Å². The van der Waals surface area contributed by atoms with Gasteiger partial charge < -0.3 is 5.32 Å². The van der Waals surface area contributed by atoms with E-state index in [1.54, 1.807) is 18.0 Å². The lowest BCUT2D eigenvalue weighted by Gasteiger charge is -2.22. The number of nitrogens with one attached hydrogen (secondary N) is 1. The van der Waals surface area contributed by atoms with Gasteiger partial charge in [-0.3, -0.25) is 19.5 Å². The molecule has 2 aromatic carbocycles. The summed E-state index contributed by atoms with van der Waals surface area (Å²) in [5, 5.41) is 3.20. The Morgan fingerprint density at radius 3 is 2.62 bits per heavy atom. The van der Waals surface area contributed by atoms with Crippen LogP contribution < -0.4 is 10.2 Å². The molecule has 3 aromatic rings. The summed E-state index contributed by atoms with van der Waals surface area (Å²) in [7, 11) is 0. The third kappa shape index (κ3) is 3.82. The smallest absolute Gasteiger partial charge is 0.241 e. The zero-order valence-corrected chi connectivity index (χ0v) is 16.6. The third-order valence-electron chi connectivity index (χ3n) is 5.19. The number of benzene rings is 2. The number of aromatic nitrogens is 1. The minimum atomic E-state index is -0.545. The van der Waals surface area contributed by atoms with Gasteiger partial charge in [-0.15, -0.1) is 0 Å². The molecule has 4 rings (SSSR count). The monoisotopic (exact) mass is 385 g/mol. The minimum absolute atomic E-state index is 0.119. The molecular weight excluding hydrogens is 362 g/mol. The Bertz CT molecular complexity index is 1060. The molecule has 0 bridgehead atoms. The standard InChI is InChI=1S/C24H23N3O2/c1-16-7-6-8-18(11-16)13-25-15-22(28)27-17(2)24(29)23-21(27)12-20(14-26-23)19-9-4-3-5-10-19/h3-12,14,17,25H,13,15H2,1-2H3. The van der Waals surface area contributed by atoms with Crippen LogP contribution in [0, 0.1) is 6.92 Å². The van der Waals surface area contributed by atoms with Crippen LogP contribution in [0.3, 0.4) is 0 Å². The van der Waals surface area contributed by atoms with E-state index < -0.39 is 6.04 Å². The number of ketones is 1. The predicted molar refractivity (Wildman–Crippen MR) is 114 cm³/mol. The highest BCUT2D eigenvalue weighted by Gasteiger charge is 2.39. The fourth-order valence-corrected chi connectivity index (χ4v) is 3.71. The van der Waals surface area contributed by atoms with Gasteiger partial charge >= 0.3 is 0 Å². The Hall–Kier alpha value is -3.31. The molecular formula is C24H23N3O2. The second kappa shape index (κ2) is 7.97. The van der Waals surface area contributed by atoms with Gasteiger partial charge in [0.15, 0.2) is 0 Å². The number of hydrogen-bond acceptors (Lipinski definition) is 4. The summed E-state index contributed by atoms with van der Waals surface area (Å²) < 4.78 is 0. The average Bonchev–Trinajstić information content (AvgIpc) is 2.98. The van der Waals surface area contributed by atoms with Crippen molar-refractivity contribution in [3.63, 3.8) is 0 Å². The number of rotatable bonds is 5. The van der Waals surface area contributed by atoms with Crippen LogP contribution in [0.1, 0.15) is 28.5 Å². The average molecular weight is 385 g/mol. The van der Waals surface area contributed by atoms with Crippen molar-refractivity contribution in [1.82, 2.24) is 10.3 Å². The van der Waals surface area contributed by atoms with E-state index in [1.807, 2.05) is 61.5 Å². The molecule has 0 saturated heterocycles. The summed E-state index contributed by atoms with van der Waals surface area (Å²) in [5.41, 5.74) is 5.14. The van der Waals surface area contributed by atoms with Crippen LogP contribution in [0.25, 0.3) is 11.1 Å². The van der Waals surface area contributed by atoms with Crippen LogP contribution in [-0.2, 0) is 11.3 Å². The summed E-state index contributed by atoms with van der Waals surface area (Å²) in [6.45, 7) is 4.55. The summed E-state index contributed by atoms with van der Waals surface area (Å²) >= 11 is 0. The minimum Gasteiger partial charge on any atom is -0.304 e. The van der Waals surface area contributed by atoms with Crippen molar-refractivity contribution in [3.8, 4) is 11.1 Å². The number of carbonyl (C=O) groups excluding carboxylic acids is 2. The SMILES string of the molecule is Cc1cccc(CNCC(=O)N2c3cc(-c4ccccc4)cnc3C(=O)C2C)c1. The fourth-order valence-electron chi connectivity index (χ4n) is 3.71. The number of pyridine rings is 1. The second-order valence-electron chi connectivity index (χ2n) is 7.35. The van der Waals surface area contributed by atoms with Crippen molar-refractivity contribution in [2.24, 2.45) is 0 Å². The number of hydrogen-bond donors (Lipinski definition) is 1. The summed E-state index contributed by atoms with van der Waals surface area (Å²) in [4.78, 5) is 31.5. The van der Waals surface area contributed by atoms with E-state index in [2.05, 4.69) is 16.4 Å². The first-order valence-corrected chi connectivity index (χ1v) is 9.72. The van der Waals surface area contributed by atoms with Crippen LogP contribution >= 0.6 is 0 Å². The van der Waals surface area contributed by atoms with E-state index in [-0.39, 0.29) is 18.2 Å². The number of fused-ring (bicyclic) bond motifs is 1. The number of amides is 1.